The number of pyridine rings is 2. The Morgan fingerprint density at radius 3 is 2.56 bits per heavy atom. The van der Waals surface area contributed by atoms with E-state index in [4.69, 9.17) is 23.2 Å². The molecule has 0 spiro atoms. The molecule has 0 saturated heterocycles. The van der Waals surface area contributed by atoms with E-state index in [1.54, 1.807) is 12.3 Å². The van der Waals surface area contributed by atoms with Gasteiger partial charge in [-0.15, -0.1) is 0 Å². The maximum Gasteiger partial charge on any atom is 0.208 e. The predicted octanol–water partition coefficient (Wildman–Crippen LogP) is 5.77. The fourth-order valence-electron chi connectivity index (χ4n) is 3.17. The largest absolute Gasteiger partial charge is 0.346 e. The lowest BCUT2D eigenvalue weighted by atomic mass is 9.96. The van der Waals surface area contributed by atoms with Crippen LogP contribution in [-0.2, 0) is 0 Å². The van der Waals surface area contributed by atoms with Gasteiger partial charge in [0.15, 0.2) is 5.43 Å². The highest BCUT2D eigenvalue weighted by Gasteiger charge is 2.15. The zero-order valence-corrected chi connectivity index (χ0v) is 15.2. The average Bonchev–Trinajstić information content (AvgIpc) is 2.68. The SMILES string of the molecule is [C-]#[N+]c1c(C)cc(-c2cc3c(=O)cc[nH]c3nc2-c2ccccc2)cc1Cl. The smallest absolute Gasteiger partial charge is 0.208 e. The third-order valence-corrected chi connectivity index (χ3v) is 4.75. The summed E-state index contributed by atoms with van der Waals surface area (Å²) in [6.07, 6.45) is 1.59. The van der Waals surface area contributed by atoms with E-state index in [0.717, 1.165) is 27.9 Å². The van der Waals surface area contributed by atoms with Gasteiger partial charge in [-0.3, -0.25) is 4.79 Å². The van der Waals surface area contributed by atoms with Crippen molar-refractivity contribution in [2.45, 2.75) is 6.92 Å². The van der Waals surface area contributed by atoms with Crippen LogP contribution in [0.2, 0.25) is 5.02 Å². The maximum atomic E-state index is 12.3. The molecule has 4 aromatic rings. The van der Waals surface area contributed by atoms with E-state index in [9.17, 15) is 4.79 Å². The number of hydrogen-bond acceptors (Lipinski definition) is 2. The van der Waals surface area contributed by atoms with Crippen LogP contribution in [-0.4, -0.2) is 9.97 Å². The van der Waals surface area contributed by atoms with Crippen LogP contribution in [0.3, 0.4) is 0 Å². The molecule has 130 valence electrons. The highest BCUT2D eigenvalue weighted by molar-refractivity contribution is 6.33. The zero-order valence-electron chi connectivity index (χ0n) is 14.5. The van der Waals surface area contributed by atoms with Crippen LogP contribution in [0.15, 0.2) is 65.6 Å². The molecule has 4 nitrogen and oxygen atoms in total. The van der Waals surface area contributed by atoms with Gasteiger partial charge in [-0.25, -0.2) is 9.83 Å². The van der Waals surface area contributed by atoms with Gasteiger partial charge < -0.3 is 4.98 Å². The second kappa shape index (κ2) is 6.71. The Bertz CT molecular complexity index is 1250. The summed E-state index contributed by atoms with van der Waals surface area (Å²) in [6, 6.07) is 16.8. The molecule has 2 aromatic heterocycles. The quantitative estimate of drug-likeness (QED) is 0.455. The molecule has 0 amide bonds. The Morgan fingerprint density at radius 1 is 1.07 bits per heavy atom. The fourth-order valence-corrected chi connectivity index (χ4v) is 3.48. The number of aromatic nitrogens is 2. The first-order chi connectivity index (χ1) is 13.1. The molecule has 0 aliphatic heterocycles. The van der Waals surface area contributed by atoms with Gasteiger partial charge >= 0.3 is 0 Å². The van der Waals surface area contributed by atoms with Crippen LogP contribution in [0, 0.1) is 13.5 Å². The molecule has 2 aromatic carbocycles. The van der Waals surface area contributed by atoms with Gasteiger partial charge in [0.2, 0.25) is 5.69 Å². The molecule has 27 heavy (non-hydrogen) atoms. The standard InChI is InChI=1S/C22H14ClN3O/c1-13-10-15(11-18(23)20(13)24-2)16-12-17-19(27)8-9-25-22(17)26-21(16)14-6-4-3-5-7-14/h3-12H,1H3,(H,25,26,27). The van der Waals surface area contributed by atoms with E-state index in [1.807, 2.05) is 49.4 Å². The normalized spacial score (nSPS) is 10.7. The van der Waals surface area contributed by atoms with Crippen LogP contribution < -0.4 is 5.43 Å². The Morgan fingerprint density at radius 2 is 1.85 bits per heavy atom. The van der Waals surface area contributed by atoms with Crippen molar-refractivity contribution < 1.29 is 0 Å². The number of fused-ring (bicyclic) bond motifs is 1. The Labute approximate surface area is 160 Å². The van der Waals surface area contributed by atoms with Gasteiger partial charge in [0.05, 0.1) is 17.7 Å². The molecule has 1 N–H and O–H groups in total. The molecule has 0 saturated carbocycles. The van der Waals surface area contributed by atoms with Crippen molar-refractivity contribution in [1.82, 2.24) is 9.97 Å². The summed E-state index contributed by atoms with van der Waals surface area (Å²) in [5.74, 6) is 0. The van der Waals surface area contributed by atoms with E-state index in [0.29, 0.717) is 21.7 Å². The molecule has 0 unspecified atom stereocenters. The highest BCUT2D eigenvalue weighted by atomic mass is 35.5. The van der Waals surface area contributed by atoms with E-state index < -0.39 is 0 Å². The van der Waals surface area contributed by atoms with E-state index in [1.165, 1.54) is 6.07 Å². The summed E-state index contributed by atoms with van der Waals surface area (Å²) in [6.45, 7) is 9.15. The summed E-state index contributed by atoms with van der Waals surface area (Å²) in [4.78, 5) is 23.6. The molecule has 0 aliphatic rings. The number of rotatable bonds is 2. The highest BCUT2D eigenvalue weighted by Crippen LogP contribution is 2.38. The second-order valence-corrected chi connectivity index (χ2v) is 6.63. The van der Waals surface area contributed by atoms with Crippen LogP contribution in [0.4, 0.5) is 5.69 Å². The lowest BCUT2D eigenvalue weighted by Gasteiger charge is -2.13. The van der Waals surface area contributed by atoms with E-state index in [2.05, 4.69) is 9.83 Å². The van der Waals surface area contributed by atoms with Crippen LogP contribution in [0.1, 0.15) is 5.56 Å². The third-order valence-electron chi connectivity index (χ3n) is 4.47. The zero-order chi connectivity index (χ0) is 19.0. The van der Waals surface area contributed by atoms with Crippen LogP contribution in [0.5, 0.6) is 0 Å². The Hall–Kier alpha value is -3.42. The first-order valence-corrected chi connectivity index (χ1v) is 8.72. The first kappa shape index (κ1) is 17.0. The number of H-pyrrole nitrogens is 1. The molecular weight excluding hydrogens is 358 g/mol. The Balaban J connectivity index is 2.09. The van der Waals surface area contributed by atoms with Gasteiger partial charge in [0, 0.05) is 28.4 Å². The van der Waals surface area contributed by atoms with Crippen molar-refractivity contribution in [3.63, 3.8) is 0 Å². The number of nitrogens with zero attached hydrogens (tertiary/aromatic N) is 2. The third kappa shape index (κ3) is 2.99. The van der Waals surface area contributed by atoms with Crippen molar-refractivity contribution in [1.29, 1.82) is 0 Å². The molecular formula is C22H14ClN3O. The van der Waals surface area contributed by atoms with Crippen molar-refractivity contribution in [2.75, 3.05) is 0 Å². The summed E-state index contributed by atoms with van der Waals surface area (Å²) >= 11 is 6.33. The average molecular weight is 372 g/mol. The molecule has 0 radical (unpaired) electrons. The van der Waals surface area contributed by atoms with Gasteiger partial charge in [0.25, 0.3) is 0 Å². The monoisotopic (exact) mass is 371 g/mol. The predicted molar refractivity (Wildman–Crippen MR) is 109 cm³/mol. The number of benzene rings is 2. The van der Waals surface area contributed by atoms with Crippen molar-refractivity contribution in [2.24, 2.45) is 0 Å². The minimum atomic E-state index is -0.0993. The number of halogens is 1. The maximum absolute atomic E-state index is 12.3. The second-order valence-electron chi connectivity index (χ2n) is 6.22. The minimum Gasteiger partial charge on any atom is -0.346 e. The molecule has 0 aliphatic carbocycles. The van der Waals surface area contributed by atoms with Gasteiger partial charge in [-0.2, -0.15) is 0 Å². The first-order valence-electron chi connectivity index (χ1n) is 8.34. The van der Waals surface area contributed by atoms with Crippen LogP contribution >= 0.6 is 11.6 Å². The summed E-state index contributed by atoms with van der Waals surface area (Å²) in [5.41, 5.74) is 4.96. The molecule has 0 fully saturated rings. The van der Waals surface area contributed by atoms with E-state index >= 15 is 0 Å². The number of hydrogen-bond donors (Lipinski definition) is 1. The molecule has 0 bridgehead atoms. The minimum absolute atomic E-state index is 0.0993. The molecule has 5 heteroatoms. The van der Waals surface area contributed by atoms with Gasteiger partial charge in [-0.05, 0) is 30.2 Å². The topological polar surface area (TPSA) is 50.1 Å². The summed E-state index contributed by atoms with van der Waals surface area (Å²) < 4.78 is 0. The number of aromatic amines is 1. The van der Waals surface area contributed by atoms with Crippen molar-refractivity contribution in [3.05, 3.63) is 93.0 Å². The fraction of sp³-hybridized carbons (Fsp3) is 0.0455. The van der Waals surface area contributed by atoms with Crippen molar-refractivity contribution in [3.8, 4) is 22.4 Å². The number of aryl methyl sites for hydroxylation is 1. The summed E-state index contributed by atoms with van der Waals surface area (Å²) in [5, 5.41) is 0.899. The molecule has 0 atom stereocenters. The van der Waals surface area contributed by atoms with E-state index in [-0.39, 0.29) is 5.43 Å². The molecule has 2 heterocycles. The lowest BCUT2D eigenvalue weighted by Crippen LogP contribution is -2.03. The lowest BCUT2D eigenvalue weighted by molar-refractivity contribution is 1.28. The van der Waals surface area contributed by atoms with Gasteiger partial charge in [-0.1, -0.05) is 48.0 Å². The molecule has 4 rings (SSSR count). The van der Waals surface area contributed by atoms with Crippen molar-refractivity contribution >= 4 is 28.3 Å². The Kier molecular flexibility index (Phi) is 4.23. The number of nitrogens with one attached hydrogen (secondary N) is 1. The van der Waals surface area contributed by atoms with Crippen LogP contribution in [0.25, 0.3) is 38.3 Å². The van der Waals surface area contributed by atoms with Gasteiger partial charge in [0.1, 0.15) is 5.65 Å². The summed E-state index contributed by atoms with van der Waals surface area (Å²) in [7, 11) is 0.